The molecule has 6 nitrogen and oxygen atoms in total. The number of benzene rings is 1. The van der Waals surface area contributed by atoms with Crippen LogP contribution in [0.5, 0.6) is 5.75 Å². The monoisotopic (exact) mass is 493 g/mol. The van der Waals surface area contributed by atoms with Crippen molar-refractivity contribution in [2.75, 3.05) is 11.6 Å². The van der Waals surface area contributed by atoms with Crippen molar-refractivity contribution < 1.29 is 14.3 Å². The first-order chi connectivity index (χ1) is 16.8. The lowest BCUT2D eigenvalue weighted by Crippen LogP contribution is -2.65. The number of fused-ring (bicyclic) bond motifs is 3. The third kappa shape index (κ3) is 3.44. The van der Waals surface area contributed by atoms with Crippen LogP contribution < -0.4 is 10.4 Å². The van der Waals surface area contributed by atoms with E-state index in [0.29, 0.717) is 24.3 Å². The molecule has 2 aromatic rings. The van der Waals surface area contributed by atoms with Crippen LogP contribution >= 0.6 is 11.8 Å². The fraction of sp³-hybridized carbons (Fsp3) is 0.407. The Hall–Kier alpha value is -3.00. The fourth-order valence-electron chi connectivity index (χ4n) is 5.91. The van der Waals surface area contributed by atoms with E-state index in [-0.39, 0.29) is 29.0 Å². The molecule has 4 aliphatic rings. The van der Waals surface area contributed by atoms with Gasteiger partial charge in [-0.05, 0) is 53.2 Å². The summed E-state index contributed by atoms with van der Waals surface area (Å²) in [6.07, 6.45) is 8.73. The summed E-state index contributed by atoms with van der Waals surface area (Å²) in [4.78, 5) is 29.0. The predicted molar refractivity (Wildman–Crippen MR) is 134 cm³/mol. The van der Waals surface area contributed by atoms with Gasteiger partial charge in [-0.2, -0.15) is 0 Å². The van der Waals surface area contributed by atoms with Gasteiger partial charge in [-0.25, -0.2) is 4.39 Å². The van der Waals surface area contributed by atoms with E-state index in [0.717, 1.165) is 30.4 Å². The number of thioether (sulfide) groups is 1. The lowest BCUT2D eigenvalue weighted by atomic mass is 9.79. The lowest BCUT2D eigenvalue weighted by Gasteiger charge is -2.55. The highest BCUT2D eigenvalue weighted by atomic mass is 32.2. The molecule has 0 saturated carbocycles. The van der Waals surface area contributed by atoms with E-state index in [2.05, 4.69) is 26.0 Å². The number of halogens is 1. The van der Waals surface area contributed by atoms with Gasteiger partial charge in [-0.1, -0.05) is 38.1 Å². The maximum Gasteiger partial charge on any atom is 0.278 e. The Morgan fingerprint density at radius 3 is 2.86 bits per heavy atom. The molecular formula is C27H28FN3O3S. The van der Waals surface area contributed by atoms with E-state index < -0.39 is 17.2 Å². The zero-order chi connectivity index (χ0) is 24.5. The van der Waals surface area contributed by atoms with Gasteiger partial charge in [0, 0.05) is 30.1 Å². The van der Waals surface area contributed by atoms with Gasteiger partial charge < -0.3 is 10.0 Å². The summed E-state index contributed by atoms with van der Waals surface area (Å²) in [6, 6.07) is 5.99. The Morgan fingerprint density at radius 1 is 1.20 bits per heavy atom. The molecule has 4 heterocycles. The van der Waals surface area contributed by atoms with Gasteiger partial charge >= 0.3 is 0 Å². The molecule has 0 bridgehead atoms. The summed E-state index contributed by atoms with van der Waals surface area (Å²) >= 11 is 1.75. The summed E-state index contributed by atoms with van der Waals surface area (Å²) in [5.74, 6) is -0.533. The van der Waals surface area contributed by atoms with Gasteiger partial charge in [0.15, 0.2) is 11.4 Å². The molecule has 8 heteroatoms. The minimum Gasteiger partial charge on any atom is -0.502 e. The Labute approximate surface area is 207 Å². The van der Waals surface area contributed by atoms with Crippen molar-refractivity contribution in [3.8, 4) is 5.75 Å². The minimum absolute atomic E-state index is 0.0323. The van der Waals surface area contributed by atoms with Crippen molar-refractivity contribution in [1.82, 2.24) is 9.58 Å². The SMILES string of the molecule is CC1(C)CCN2C(=O)c3c(O)c(=O)ccn3N([C@@H]3C4=C(CCC=C4)SCc4cccc(F)c43)[C@@H]2C1. The van der Waals surface area contributed by atoms with Crippen LogP contribution in [0.4, 0.5) is 4.39 Å². The van der Waals surface area contributed by atoms with Crippen LogP contribution in [0.2, 0.25) is 0 Å². The maximum absolute atomic E-state index is 15.7. The van der Waals surface area contributed by atoms with Crippen LogP contribution in [0.15, 0.2) is 57.9 Å². The number of amides is 1. The van der Waals surface area contributed by atoms with E-state index in [9.17, 15) is 14.7 Å². The van der Waals surface area contributed by atoms with Crippen molar-refractivity contribution in [3.05, 3.63) is 86.0 Å². The van der Waals surface area contributed by atoms with Gasteiger partial charge in [0.25, 0.3) is 5.91 Å². The van der Waals surface area contributed by atoms with Crippen LogP contribution in [0, 0.1) is 11.2 Å². The Balaban J connectivity index is 1.66. The largest absolute Gasteiger partial charge is 0.502 e. The van der Waals surface area contributed by atoms with Crippen molar-refractivity contribution in [2.45, 2.75) is 57.5 Å². The Kier molecular flexibility index (Phi) is 5.14. The lowest BCUT2D eigenvalue weighted by molar-refractivity contribution is 0.0243. The number of pyridine rings is 1. The van der Waals surface area contributed by atoms with Crippen LogP contribution in [-0.4, -0.2) is 33.3 Å². The first-order valence-corrected chi connectivity index (χ1v) is 13.1. The van der Waals surface area contributed by atoms with Crippen molar-refractivity contribution in [2.24, 2.45) is 5.41 Å². The number of allylic oxidation sites excluding steroid dienone is 2. The van der Waals surface area contributed by atoms with Crippen molar-refractivity contribution >= 4 is 17.7 Å². The third-order valence-electron chi connectivity index (χ3n) is 7.73. The number of piperidine rings is 1. The number of carbonyl (C=O) groups excluding carboxylic acids is 1. The second kappa shape index (κ2) is 8.01. The number of nitrogens with zero attached hydrogens (tertiary/aromatic N) is 3. The molecule has 1 aromatic heterocycles. The van der Waals surface area contributed by atoms with Crippen LogP contribution in [0.25, 0.3) is 0 Å². The van der Waals surface area contributed by atoms with E-state index in [1.54, 1.807) is 33.6 Å². The number of hydrogen-bond acceptors (Lipinski definition) is 5. The van der Waals surface area contributed by atoms with Crippen molar-refractivity contribution in [1.29, 1.82) is 0 Å². The maximum atomic E-state index is 15.7. The number of hydrogen-bond donors (Lipinski definition) is 1. The predicted octanol–water partition coefficient (Wildman–Crippen LogP) is 4.83. The molecule has 0 spiro atoms. The molecule has 6 rings (SSSR count). The number of aromatic hydroxyl groups is 1. The number of carbonyl (C=O) groups is 1. The molecule has 2 atom stereocenters. The topological polar surface area (TPSA) is 65.8 Å². The summed E-state index contributed by atoms with van der Waals surface area (Å²) in [5.41, 5.74) is 1.86. The second-order valence-corrected chi connectivity index (χ2v) is 11.6. The van der Waals surface area contributed by atoms with E-state index in [4.69, 9.17) is 0 Å². The molecule has 35 heavy (non-hydrogen) atoms. The minimum atomic E-state index is -0.596. The van der Waals surface area contributed by atoms with Gasteiger partial charge in [-0.15, -0.1) is 11.8 Å². The van der Waals surface area contributed by atoms with E-state index in [1.165, 1.54) is 17.0 Å². The van der Waals surface area contributed by atoms with Gasteiger partial charge in [0.1, 0.15) is 18.0 Å². The highest BCUT2D eigenvalue weighted by Gasteiger charge is 2.49. The van der Waals surface area contributed by atoms with Crippen LogP contribution in [-0.2, 0) is 5.75 Å². The molecule has 1 aliphatic carbocycles. The molecule has 0 radical (unpaired) electrons. The average Bonchev–Trinajstić information content (AvgIpc) is 2.99. The molecule has 182 valence electrons. The summed E-state index contributed by atoms with van der Waals surface area (Å²) in [5, 5.41) is 12.8. The zero-order valence-electron chi connectivity index (χ0n) is 19.8. The molecule has 1 aromatic carbocycles. The molecule has 1 N–H and O–H groups in total. The summed E-state index contributed by atoms with van der Waals surface area (Å²) in [6.45, 7) is 4.88. The summed E-state index contributed by atoms with van der Waals surface area (Å²) < 4.78 is 17.3. The smallest absolute Gasteiger partial charge is 0.278 e. The molecule has 0 unspecified atom stereocenters. The van der Waals surface area contributed by atoms with Gasteiger partial charge in [0.05, 0.1) is 0 Å². The Bertz CT molecular complexity index is 1360. The highest BCUT2D eigenvalue weighted by Crippen LogP contribution is 2.49. The third-order valence-corrected chi connectivity index (χ3v) is 8.97. The molecule has 3 aliphatic heterocycles. The standard InChI is InChI=1S/C27H28FN3O3S/c1-27(2)11-13-29-21(14-27)31(30-12-10-19(32)25(33)24(30)26(29)34)23-17-7-3-4-9-20(17)35-15-16-6-5-8-18(28)22(16)23/h3,5-8,10,12,21,23,33H,4,9,11,13-15H2,1-2H3/t21-,23-/m1/s1. The van der Waals surface area contributed by atoms with E-state index in [1.807, 2.05) is 11.1 Å². The van der Waals surface area contributed by atoms with Crippen molar-refractivity contribution in [3.63, 3.8) is 0 Å². The van der Waals surface area contributed by atoms with Crippen LogP contribution in [0.1, 0.15) is 67.2 Å². The second-order valence-electron chi connectivity index (χ2n) is 10.5. The Morgan fingerprint density at radius 2 is 2.03 bits per heavy atom. The van der Waals surface area contributed by atoms with Gasteiger partial charge in [0.2, 0.25) is 5.43 Å². The number of rotatable bonds is 1. The quantitative estimate of drug-likeness (QED) is 0.617. The average molecular weight is 494 g/mol. The molecule has 1 saturated heterocycles. The number of aromatic nitrogens is 1. The normalized spacial score (nSPS) is 24.9. The van der Waals surface area contributed by atoms with Crippen LogP contribution in [0.3, 0.4) is 0 Å². The molecular weight excluding hydrogens is 465 g/mol. The summed E-state index contributed by atoms with van der Waals surface area (Å²) in [7, 11) is 0. The first kappa shape index (κ1) is 22.5. The fourth-order valence-corrected chi connectivity index (χ4v) is 7.10. The first-order valence-electron chi connectivity index (χ1n) is 12.1. The zero-order valence-corrected chi connectivity index (χ0v) is 20.6. The van der Waals surface area contributed by atoms with Gasteiger partial charge in [-0.3, -0.25) is 19.3 Å². The molecule has 1 amide bonds. The highest BCUT2D eigenvalue weighted by molar-refractivity contribution is 8.02. The van der Waals surface area contributed by atoms with E-state index >= 15 is 4.39 Å². The molecule has 1 fully saturated rings.